The number of aryl methyl sites for hydroxylation is 1. The summed E-state index contributed by atoms with van der Waals surface area (Å²) in [5, 5.41) is 0. The van der Waals surface area contributed by atoms with Gasteiger partial charge >= 0.3 is 0 Å². The van der Waals surface area contributed by atoms with Crippen molar-refractivity contribution in [1.29, 1.82) is 0 Å². The molecule has 0 atom stereocenters. The lowest BCUT2D eigenvalue weighted by molar-refractivity contribution is -0.116. The molecule has 24 heavy (non-hydrogen) atoms. The van der Waals surface area contributed by atoms with E-state index >= 15 is 0 Å². The van der Waals surface area contributed by atoms with Gasteiger partial charge < -0.3 is 4.90 Å². The summed E-state index contributed by atoms with van der Waals surface area (Å²) < 4.78 is 40.2. The van der Waals surface area contributed by atoms with Crippen molar-refractivity contribution in [2.45, 2.75) is 24.7 Å². The Bertz CT molecular complexity index is 879. The van der Waals surface area contributed by atoms with Crippen LogP contribution in [0, 0.1) is 5.82 Å². The van der Waals surface area contributed by atoms with Crippen LogP contribution in [-0.4, -0.2) is 20.9 Å². The van der Waals surface area contributed by atoms with Gasteiger partial charge in [0, 0.05) is 19.2 Å². The summed E-state index contributed by atoms with van der Waals surface area (Å²) in [6.45, 7) is 2.11. The third-order valence-electron chi connectivity index (χ3n) is 3.96. The van der Waals surface area contributed by atoms with Crippen LogP contribution < -0.4 is 9.62 Å². The van der Waals surface area contributed by atoms with Crippen molar-refractivity contribution in [2.75, 3.05) is 16.2 Å². The van der Waals surface area contributed by atoms with Crippen molar-refractivity contribution < 1.29 is 17.6 Å². The fourth-order valence-electron chi connectivity index (χ4n) is 2.79. The molecule has 1 aliphatic heterocycles. The molecule has 5 nitrogen and oxygen atoms in total. The van der Waals surface area contributed by atoms with E-state index in [9.17, 15) is 17.6 Å². The largest absolute Gasteiger partial charge is 0.312 e. The van der Waals surface area contributed by atoms with Crippen LogP contribution in [0.4, 0.5) is 15.8 Å². The van der Waals surface area contributed by atoms with Gasteiger partial charge in [-0.05, 0) is 54.8 Å². The van der Waals surface area contributed by atoms with E-state index in [0.717, 1.165) is 36.2 Å². The zero-order valence-electron chi connectivity index (χ0n) is 13.1. The quantitative estimate of drug-likeness (QED) is 0.927. The summed E-state index contributed by atoms with van der Waals surface area (Å²) >= 11 is 0. The normalized spacial score (nSPS) is 14.2. The van der Waals surface area contributed by atoms with Gasteiger partial charge in [0.2, 0.25) is 5.91 Å². The summed E-state index contributed by atoms with van der Waals surface area (Å²) in [7, 11) is -3.81. The number of benzene rings is 2. The van der Waals surface area contributed by atoms with Crippen LogP contribution in [0.5, 0.6) is 0 Å². The van der Waals surface area contributed by atoms with Crippen molar-refractivity contribution in [1.82, 2.24) is 0 Å². The number of carbonyl (C=O) groups is 1. The number of hydrogen-bond donors (Lipinski definition) is 1. The Morgan fingerprint density at radius 3 is 2.54 bits per heavy atom. The van der Waals surface area contributed by atoms with E-state index < -0.39 is 15.8 Å². The minimum Gasteiger partial charge on any atom is -0.312 e. The van der Waals surface area contributed by atoms with Gasteiger partial charge in [0.15, 0.2) is 0 Å². The van der Waals surface area contributed by atoms with E-state index in [1.807, 2.05) is 6.07 Å². The fourth-order valence-corrected chi connectivity index (χ4v) is 3.84. The molecule has 0 aromatic heterocycles. The molecule has 1 amide bonds. The highest BCUT2D eigenvalue weighted by molar-refractivity contribution is 7.92. The molecule has 0 aliphatic carbocycles. The first-order valence-electron chi connectivity index (χ1n) is 7.56. The van der Waals surface area contributed by atoms with E-state index in [4.69, 9.17) is 0 Å². The molecule has 1 heterocycles. The minimum absolute atomic E-state index is 0.0231. The highest BCUT2D eigenvalue weighted by Gasteiger charge is 2.21. The van der Waals surface area contributed by atoms with Crippen molar-refractivity contribution >= 4 is 27.3 Å². The number of hydrogen-bond acceptors (Lipinski definition) is 3. The maximum absolute atomic E-state index is 13.0. The second-order valence-corrected chi connectivity index (χ2v) is 7.36. The Morgan fingerprint density at radius 2 is 1.88 bits per heavy atom. The molecule has 0 unspecified atom stereocenters. The lowest BCUT2D eigenvalue weighted by Gasteiger charge is -2.29. The predicted molar refractivity (Wildman–Crippen MR) is 90.0 cm³/mol. The lowest BCUT2D eigenvalue weighted by Crippen LogP contribution is -2.33. The van der Waals surface area contributed by atoms with Crippen molar-refractivity contribution in [3.63, 3.8) is 0 Å². The van der Waals surface area contributed by atoms with Crippen LogP contribution >= 0.6 is 0 Å². The monoisotopic (exact) mass is 348 g/mol. The molecule has 0 bridgehead atoms. The first kappa shape index (κ1) is 16.4. The van der Waals surface area contributed by atoms with Crippen LogP contribution in [-0.2, 0) is 21.2 Å². The molecule has 2 aromatic rings. The Labute approximate surface area is 140 Å². The third kappa shape index (κ3) is 3.26. The topological polar surface area (TPSA) is 66.5 Å². The third-order valence-corrected chi connectivity index (χ3v) is 5.36. The van der Waals surface area contributed by atoms with Gasteiger partial charge in [-0.25, -0.2) is 12.8 Å². The summed E-state index contributed by atoms with van der Waals surface area (Å²) in [5.74, 6) is -0.575. The molecule has 1 aliphatic rings. The van der Waals surface area contributed by atoms with E-state index in [1.54, 1.807) is 17.0 Å². The van der Waals surface area contributed by atoms with E-state index in [2.05, 4.69) is 4.72 Å². The Morgan fingerprint density at radius 1 is 1.17 bits per heavy atom. The number of fused-ring (bicyclic) bond motifs is 1. The average Bonchev–Trinajstić information content (AvgIpc) is 2.54. The standard InChI is InChI=1S/C17H17FN2O3S/c1-12(21)20-10-2-3-13-4-7-15(11-17(13)20)19-24(22,23)16-8-5-14(18)6-9-16/h4-9,11,19H,2-3,10H2,1H3. The van der Waals surface area contributed by atoms with Gasteiger partial charge in [0.1, 0.15) is 5.82 Å². The van der Waals surface area contributed by atoms with Crippen LogP contribution in [0.2, 0.25) is 0 Å². The first-order chi connectivity index (χ1) is 11.4. The molecular weight excluding hydrogens is 331 g/mol. The van der Waals surface area contributed by atoms with Gasteiger partial charge in [-0.15, -0.1) is 0 Å². The van der Waals surface area contributed by atoms with Crippen molar-refractivity contribution in [3.05, 3.63) is 53.8 Å². The van der Waals surface area contributed by atoms with Crippen molar-refractivity contribution in [3.8, 4) is 0 Å². The summed E-state index contributed by atoms with van der Waals surface area (Å²) in [6.07, 6.45) is 1.73. The van der Waals surface area contributed by atoms with Gasteiger partial charge in [-0.1, -0.05) is 6.07 Å². The van der Waals surface area contributed by atoms with Gasteiger partial charge in [0.05, 0.1) is 10.6 Å². The first-order valence-corrected chi connectivity index (χ1v) is 9.04. The number of rotatable bonds is 3. The van der Waals surface area contributed by atoms with E-state index in [1.165, 1.54) is 19.1 Å². The molecule has 2 aromatic carbocycles. The summed E-state index contributed by atoms with van der Waals surface area (Å²) in [5.41, 5.74) is 2.11. The highest BCUT2D eigenvalue weighted by atomic mass is 32.2. The molecule has 0 saturated carbocycles. The predicted octanol–water partition coefficient (Wildman–Crippen LogP) is 2.93. The number of halogens is 1. The molecule has 0 spiro atoms. The van der Waals surface area contributed by atoms with Crippen molar-refractivity contribution in [2.24, 2.45) is 0 Å². The fraction of sp³-hybridized carbons (Fsp3) is 0.235. The minimum atomic E-state index is -3.81. The molecule has 0 saturated heterocycles. The average molecular weight is 348 g/mol. The van der Waals surface area contributed by atoms with Crippen LogP contribution in [0.3, 0.4) is 0 Å². The number of amides is 1. The maximum atomic E-state index is 13.0. The van der Waals surface area contributed by atoms with Gasteiger partial charge in [-0.2, -0.15) is 0 Å². The Hall–Kier alpha value is -2.41. The van der Waals surface area contributed by atoms with E-state index in [0.29, 0.717) is 12.2 Å². The number of nitrogens with zero attached hydrogens (tertiary/aromatic N) is 1. The molecule has 0 radical (unpaired) electrons. The SMILES string of the molecule is CC(=O)N1CCCc2ccc(NS(=O)(=O)c3ccc(F)cc3)cc21. The molecule has 3 rings (SSSR count). The molecule has 0 fully saturated rings. The summed E-state index contributed by atoms with van der Waals surface area (Å²) in [4.78, 5) is 13.4. The maximum Gasteiger partial charge on any atom is 0.261 e. The second-order valence-electron chi connectivity index (χ2n) is 5.68. The molecule has 7 heteroatoms. The number of sulfonamides is 1. The number of nitrogens with one attached hydrogen (secondary N) is 1. The highest BCUT2D eigenvalue weighted by Crippen LogP contribution is 2.31. The van der Waals surface area contributed by atoms with Gasteiger partial charge in [-0.3, -0.25) is 9.52 Å². The number of anilines is 2. The number of carbonyl (C=O) groups excluding carboxylic acids is 1. The van der Waals surface area contributed by atoms with Gasteiger partial charge in [0.25, 0.3) is 10.0 Å². The van der Waals surface area contributed by atoms with Crippen LogP contribution in [0.1, 0.15) is 18.9 Å². The zero-order valence-corrected chi connectivity index (χ0v) is 13.9. The molecule has 1 N–H and O–H groups in total. The molecule has 126 valence electrons. The van der Waals surface area contributed by atoms with Crippen LogP contribution in [0.15, 0.2) is 47.4 Å². The molecular formula is C17H17FN2O3S. The Kier molecular flexibility index (Phi) is 4.28. The zero-order chi connectivity index (χ0) is 17.3. The smallest absolute Gasteiger partial charge is 0.261 e. The van der Waals surface area contributed by atoms with E-state index in [-0.39, 0.29) is 10.8 Å². The Balaban J connectivity index is 1.92. The lowest BCUT2D eigenvalue weighted by atomic mass is 10.0. The van der Waals surface area contributed by atoms with Crippen LogP contribution in [0.25, 0.3) is 0 Å². The summed E-state index contributed by atoms with van der Waals surface area (Å²) in [6, 6.07) is 9.77. The second kappa shape index (κ2) is 6.24.